The number of carbonyl (C=O) groups is 1. The lowest BCUT2D eigenvalue weighted by Gasteiger charge is -2.26. The van der Waals surface area contributed by atoms with Crippen LogP contribution in [0.1, 0.15) is 31.9 Å². The number of nitrogens with zero attached hydrogens (tertiary/aromatic N) is 3. The monoisotopic (exact) mass is 324 g/mol. The summed E-state index contributed by atoms with van der Waals surface area (Å²) in [5, 5.41) is 7.20. The first-order valence-corrected chi connectivity index (χ1v) is 8.43. The average molecular weight is 324 g/mol. The Balaban J connectivity index is 1.55. The Morgan fingerprint density at radius 2 is 2.04 bits per heavy atom. The average Bonchev–Trinajstić information content (AvgIpc) is 3.04. The topological polar surface area (TPSA) is 50.2 Å². The molecule has 3 rings (SSSR count). The predicted molar refractivity (Wildman–Crippen MR) is 96.7 cm³/mol. The fraction of sp³-hybridized carbons (Fsp3) is 0.368. The van der Waals surface area contributed by atoms with Crippen LogP contribution in [0.3, 0.4) is 0 Å². The van der Waals surface area contributed by atoms with Crippen molar-refractivity contribution in [3.8, 4) is 0 Å². The van der Waals surface area contributed by atoms with Crippen LogP contribution in [-0.2, 0) is 4.79 Å². The van der Waals surface area contributed by atoms with E-state index in [-0.39, 0.29) is 11.9 Å². The Morgan fingerprint density at radius 1 is 1.25 bits per heavy atom. The van der Waals surface area contributed by atoms with Gasteiger partial charge in [-0.1, -0.05) is 36.4 Å². The minimum Gasteiger partial charge on any atom is -0.310 e. The highest BCUT2D eigenvalue weighted by Gasteiger charge is 2.17. The largest absolute Gasteiger partial charge is 0.310 e. The first-order valence-electron chi connectivity index (χ1n) is 8.43. The van der Waals surface area contributed by atoms with Gasteiger partial charge in [0.2, 0.25) is 5.91 Å². The molecule has 5 nitrogen and oxygen atoms in total. The number of hydrogen-bond acceptors (Lipinski definition) is 3. The SMILES string of the molecule is CC(C)n1nccc1NC(=O)CN1CC=C(c2ccccc2)CC1. The van der Waals surface area contributed by atoms with Crippen molar-refractivity contribution in [1.82, 2.24) is 14.7 Å². The van der Waals surface area contributed by atoms with Gasteiger partial charge in [0.05, 0.1) is 12.7 Å². The van der Waals surface area contributed by atoms with E-state index in [1.165, 1.54) is 11.1 Å². The Kier molecular flexibility index (Phi) is 5.11. The molecule has 1 N–H and O–H groups in total. The highest BCUT2D eigenvalue weighted by Crippen LogP contribution is 2.22. The highest BCUT2D eigenvalue weighted by atomic mass is 16.2. The molecule has 24 heavy (non-hydrogen) atoms. The lowest BCUT2D eigenvalue weighted by Crippen LogP contribution is -2.36. The molecule has 0 aliphatic carbocycles. The summed E-state index contributed by atoms with van der Waals surface area (Å²) in [6, 6.07) is 12.5. The summed E-state index contributed by atoms with van der Waals surface area (Å²) in [5.41, 5.74) is 2.65. The first kappa shape index (κ1) is 16.5. The van der Waals surface area contributed by atoms with Crippen LogP contribution >= 0.6 is 0 Å². The van der Waals surface area contributed by atoms with E-state index in [1.54, 1.807) is 6.20 Å². The number of rotatable bonds is 5. The summed E-state index contributed by atoms with van der Waals surface area (Å²) in [7, 11) is 0. The molecule has 1 aromatic heterocycles. The van der Waals surface area contributed by atoms with Gasteiger partial charge in [-0.25, -0.2) is 4.68 Å². The molecule has 0 bridgehead atoms. The van der Waals surface area contributed by atoms with Crippen molar-refractivity contribution in [2.24, 2.45) is 0 Å². The van der Waals surface area contributed by atoms with Crippen molar-refractivity contribution in [3.63, 3.8) is 0 Å². The van der Waals surface area contributed by atoms with Crippen LogP contribution in [0.15, 0.2) is 48.7 Å². The van der Waals surface area contributed by atoms with E-state index in [0.717, 1.165) is 25.3 Å². The zero-order valence-corrected chi connectivity index (χ0v) is 14.3. The molecule has 1 amide bonds. The molecule has 0 saturated heterocycles. The Hall–Kier alpha value is -2.40. The quantitative estimate of drug-likeness (QED) is 0.919. The van der Waals surface area contributed by atoms with Gasteiger partial charge < -0.3 is 5.32 Å². The van der Waals surface area contributed by atoms with Crippen molar-refractivity contribution in [2.75, 3.05) is 25.0 Å². The Labute approximate surface area is 143 Å². The number of hydrogen-bond donors (Lipinski definition) is 1. The van der Waals surface area contributed by atoms with E-state index in [2.05, 4.69) is 45.7 Å². The van der Waals surface area contributed by atoms with Crippen molar-refractivity contribution < 1.29 is 4.79 Å². The van der Waals surface area contributed by atoms with E-state index < -0.39 is 0 Å². The van der Waals surface area contributed by atoms with Crippen LogP contribution in [-0.4, -0.2) is 40.2 Å². The van der Waals surface area contributed by atoms with Crippen LogP contribution in [0.25, 0.3) is 5.57 Å². The Morgan fingerprint density at radius 3 is 2.71 bits per heavy atom. The van der Waals surface area contributed by atoms with Gasteiger partial charge in [-0.15, -0.1) is 0 Å². The van der Waals surface area contributed by atoms with Gasteiger partial charge in [-0.05, 0) is 31.4 Å². The molecule has 2 aromatic rings. The molecular weight excluding hydrogens is 300 g/mol. The molecular formula is C19H24N4O. The maximum Gasteiger partial charge on any atom is 0.239 e. The molecule has 1 aliphatic heterocycles. The number of benzene rings is 1. The van der Waals surface area contributed by atoms with Gasteiger partial charge in [0.25, 0.3) is 0 Å². The number of carbonyl (C=O) groups excluding carboxylic acids is 1. The fourth-order valence-electron chi connectivity index (χ4n) is 2.98. The third-order valence-corrected chi connectivity index (χ3v) is 4.23. The van der Waals surface area contributed by atoms with Crippen molar-refractivity contribution >= 4 is 17.3 Å². The van der Waals surface area contributed by atoms with Crippen molar-refractivity contribution in [1.29, 1.82) is 0 Å². The van der Waals surface area contributed by atoms with Crippen LogP contribution < -0.4 is 5.32 Å². The van der Waals surface area contributed by atoms with Crippen molar-refractivity contribution in [3.05, 3.63) is 54.2 Å². The van der Waals surface area contributed by atoms with Crippen molar-refractivity contribution in [2.45, 2.75) is 26.3 Å². The minimum absolute atomic E-state index is 0.00830. The van der Waals surface area contributed by atoms with Crippen LogP contribution in [0.4, 0.5) is 5.82 Å². The fourth-order valence-corrected chi connectivity index (χ4v) is 2.98. The lowest BCUT2D eigenvalue weighted by molar-refractivity contribution is -0.117. The predicted octanol–water partition coefficient (Wildman–Crippen LogP) is 3.19. The van der Waals surface area contributed by atoms with E-state index in [9.17, 15) is 4.79 Å². The summed E-state index contributed by atoms with van der Waals surface area (Å²) in [6.07, 6.45) is 4.91. The van der Waals surface area contributed by atoms with Crippen LogP contribution in [0.2, 0.25) is 0 Å². The van der Waals surface area contributed by atoms with E-state index >= 15 is 0 Å². The zero-order valence-electron chi connectivity index (χ0n) is 14.3. The number of aromatic nitrogens is 2. The molecule has 5 heteroatoms. The van der Waals surface area contributed by atoms with Gasteiger partial charge in [0.1, 0.15) is 5.82 Å². The summed E-state index contributed by atoms with van der Waals surface area (Å²) < 4.78 is 1.82. The number of anilines is 1. The molecule has 1 aromatic carbocycles. The lowest BCUT2D eigenvalue weighted by atomic mass is 10.00. The molecule has 0 fully saturated rings. The maximum atomic E-state index is 12.3. The van der Waals surface area contributed by atoms with Gasteiger partial charge in [0, 0.05) is 25.2 Å². The van der Waals surface area contributed by atoms with Gasteiger partial charge in [-0.2, -0.15) is 5.10 Å². The van der Waals surface area contributed by atoms with Crippen LogP contribution in [0, 0.1) is 0 Å². The first-order chi connectivity index (χ1) is 11.6. The van der Waals surface area contributed by atoms with E-state index in [0.29, 0.717) is 6.54 Å². The highest BCUT2D eigenvalue weighted by molar-refractivity contribution is 5.91. The zero-order chi connectivity index (χ0) is 16.9. The number of nitrogens with one attached hydrogen (secondary N) is 1. The van der Waals surface area contributed by atoms with Gasteiger partial charge >= 0.3 is 0 Å². The summed E-state index contributed by atoms with van der Waals surface area (Å²) in [6.45, 7) is 6.20. The molecule has 0 saturated carbocycles. The smallest absolute Gasteiger partial charge is 0.239 e. The van der Waals surface area contributed by atoms with E-state index in [4.69, 9.17) is 0 Å². The molecule has 1 aliphatic rings. The standard InChI is InChI=1S/C19H24N4O/c1-15(2)23-18(8-11-20-23)21-19(24)14-22-12-9-17(10-13-22)16-6-4-3-5-7-16/h3-9,11,15H,10,12-14H2,1-2H3,(H,21,24). The second-order valence-corrected chi connectivity index (χ2v) is 6.38. The molecule has 0 radical (unpaired) electrons. The third-order valence-electron chi connectivity index (χ3n) is 4.23. The third kappa shape index (κ3) is 3.92. The number of amides is 1. The van der Waals surface area contributed by atoms with Gasteiger partial charge in [-0.3, -0.25) is 9.69 Å². The molecule has 0 unspecified atom stereocenters. The summed E-state index contributed by atoms with van der Waals surface area (Å²) in [4.78, 5) is 14.5. The normalized spacial score (nSPS) is 15.4. The van der Waals surface area contributed by atoms with Gasteiger partial charge in [0.15, 0.2) is 0 Å². The second-order valence-electron chi connectivity index (χ2n) is 6.38. The molecule has 126 valence electrons. The van der Waals surface area contributed by atoms with E-state index in [1.807, 2.05) is 30.7 Å². The molecule has 0 spiro atoms. The molecule has 0 atom stereocenters. The summed E-state index contributed by atoms with van der Waals surface area (Å²) in [5.74, 6) is 0.765. The molecule has 2 heterocycles. The summed E-state index contributed by atoms with van der Waals surface area (Å²) >= 11 is 0. The minimum atomic E-state index is 0.00830. The maximum absolute atomic E-state index is 12.3. The Bertz CT molecular complexity index is 718. The second kappa shape index (κ2) is 7.45. The van der Waals surface area contributed by atoms with Crippen LogP contribution in [0.5, 0.6) is 0 Å².